The predicted octanol–water partition coefficient (Wildman–Crippen LogP) is 2.16. The Bertz CT molecular complexity index is 480. The molecular weight excluding hydrogens is 262 g/mol. The lowest BCUT2D eigenvalue weighted by Gasteiger charge is -2.13. The Morgan fingerprint density at radius 1 is 1.21 bits per heavy atom. The van der Waals surface area contributed by atoms with E-state index >= 15 is 0 Å². The molecule has 0 saturated heterocycles. The molecule has 5 heteroatoms. The molecule has 1 rings (SSSR count). The van der Waals surface area contributed by atoms with Crippen LogP contribution in [0, 0.1) is 5.92 Å². The van der Waals surface area contributed by atoms with E-state index in [2.05, 4.69) is 0 Å². The highest BCUT2D eigenvalue weighted by Gasteiger charge is 2.18. The summed E-state index contributed by atoms with van der Waals surface area (Å²) in [6.45, 7) is 4.03. The van der Waals surface area contributed by atoms with Crippen LogP contribution >= 0.6 is 0 Å². The van der Waals surface area contributed by atoms with Crippen molar-refractivity contribution in [2.24, 2.45) is 11.7 Å². The van der Waals surface area contributed by atoms with E-state index in [1.807, 2.05) is 26.0 Å². The summed E-state index contributed by atoms with van der Waals surface area (Å²) in [6.07, 6.45) is 0.678. The van der Waals surface area contributed by atoms with Crippen molar-refractivity contribution in [3.8, 4) is 5.75 Å². The van der Waals surface area contributed by atoms with Crippen LogP contribution in [0.4, 0.5) is 0 Å². The van der Waals surface area contributed by atoms with Crippen LogP contribution < -0.4 is 10.5 Å². The normalized spacial score (nSPS) is 13.5. The topological polar surface area (TPSA) is 69.4 Å². The Labute approximate surface area is 115 Å². The monoisotopic (exact) mass is 285 g/mol. The van der Waals surface area contributed by atoms with Gasteiger partial charge < -0.3 is 10.5 Å². The fourth-order valence-electron chi connectivity index (χ4n) is 1.72. The van der Waals surface area contributed by atoms with Gasteiger partial charge in [0.25, 0.3) is 0 Å². The molecule has 0 amide bonds. The van der Waals surface area contributed by atoms with Crippen LogP contribution in [-0.4, -0.2) is 27.0 Å². The van der Waals surface area contributed by atoms with Crippen molar-refractivity contribution in [1.29, 1.82) is 0 Å². The zero-order valence-electron chi connectivity index (χ0n) is 11.8. The first kappa shape index (κ1) is 16.0. The van der Waals surface area contributed by atoms with E-state index in [0.29, 0.717) is 12.3 Å². The third-order valence-corrected chi connectivity index (χ3v) is 4.71. The molecule has 0 heterocycles. The molecule has 0 aromatic heterocycles. The van der Waals surface area contributed by atoms with Crippen LogP contribution in [0.5, 0.6) is 5.75 Å². The molecule has 1 unspecified atom stereocenters. The maximum atomic E-state index is 11.9. The van der Waals surface area contributed by atoms with Crippen LogP contribution in [0.2, 0.25) is 0 Å². The Balaban J connectivity index is 2.64. The standard InChI is InChI=1S/C14H23NO3S/c1-11(2)8-9-19(16,17)10-14(15)12-4-6-13(18-3)7-5-12/h4-7,11,14H,8-10,15H2,1-3H3. The summed E-state index contributed by atoms with van der Waals surface area (Å²) in [5, 5.41) is 0. The van der Waals surface area contributed by atoms with Gasteiger partial charge in [-0.15, -0.1) is 0 Å². The fraction of sp³-hybridized carbons (Fsp3) is 0.571. The molecule has 19 heavy (non-hydrogen) atoms. The van der Waals surface area contributed by atoms with E-state index < -0.39 is 15.9 Å². The van der Waals surface area contributed by atoms with Crippen LogP contribution in [0.1, 0.15) is 31.9 Å². The van der Waals surface area contributed by atoms with Crippen LogP contribution in [0.15, 0.2) is 24.3 Å². The van der Waals surface area contributed by atoms with Gasteiger partial charge in [-0.3, -0.25) is 0 Å². The quantitative estimate of drug-likeness (QED) is 0.833. The largest absolute Gasteiger partial charge is 0.497 e. The number of rotatable bonds is 7. The Hall–Kier alpha value is -1.07. The lowest BCUT2D eigenvalue weighted by atomic mass is 10.1. The first-order chi connectivity index (χ1) is 8.84. The Kier molecular flexibility index (Phi) is 5.82. The maximum absolute atomic E-state index is 11.9. The molecule has 0 saturated carbocycles. The SMILES string of the molecule is COc1ccc(C(N)CS(=O)(=O)CCC(C)C)cc1. The van der Waals surface area contributed by atoms with Gasteiger partial charge in [-0.2, -0.15) is 0 Å². The van der Waals surface area contributed by atoms with E-state index in [0.717, 1.165) is 11.3 Å². The van der Waals surface area contributed by atoms with Crippen molar-refractivity contribution in [2.75, 3.05) is 18.6 Å². The van der Waals surface area contributed by atoms with E-state index in [1.165, 1.54) is 0 Å². The number of ether oxygens (including phenoxy) is 1. The van der Waals surface area contributed by atoms with E-state index in [-0.39, 0.29) is 11.5 Å². The number of benzene rings is 1. The third-order valence-electron chi connectivity index (χ3n) is 2.98. The first-order valence-corrected chi connectivity index (χ1v) is 8.26. The molecule has 4 nitrogen and oxygen atoms in total. The second kappa shape index (κ2) is 6.91. The van der Waals surface area contributed by atoms with Gasteiger partial charge in [0.15, 0.2) is 9.84 Å². The molecule has 2 N–H and O–H groups in total. The number of hydrogen-bond acceptors (Lipinski definition) is 4. The highest BCUT2D eigenvalue weighted by Crippen LogP contribution is 2.18. The molecule has 0 aliphatic carbocycles. The summed E-state index contributed by atoms with van der Waals surface area (Å²) in [4.78, 5) is 0. The molecule has 1 aromatic carbocycles. The van der Waals surface area contributed by atoms with Gasteiger partial charge in [0, 0.05) is 6.04 Å². The average molecular weight is 285 g/mol. The van der Waals surface area contributed by atoms with E-state index in [4.69, 9.17) is 10.5 Å². The van der Waals surface area contributed by atoms with Crippen molar-refractivity contribution >= 4 is 9.84 Å². The minimum Gasteiger partial charge on any atom is -0.497 e. The van der Waals surface area contributed by atoms with Crippen LogP contribution in [-0.2, 0) is 9.84 Å². The summed E-state index contributed by atoms with van der Waals surface area (Å²) in [6, 6.07) is 6.71. The van der Waals surface area contributed by atoms with Crippen molar-refractivity contribution in [3.63, 3.8) is 0 Å². The lowest BCUT2D eigenvalue weighted by molar-refractivity contribution is 0.414. The number of sulfone groups is 1. The minimum atomic E-state index is -3.10. The lowest BCUT2D eigenvalue weighted by Crippen LogP contribution is -2.24. The fourth-order valence-corrected chi connectivity index (χ4v) is 3.46. The van der Waals surface area contributed by atoms with Gasteiger partial charge in [0.1, 0.15) is 5.75 Å². The summed E-state index contributed by atoms with van der Waals surface area (Å²) >= 11 is 0. The predicted molar refractivity (Wildman–Crippen MR) is 78.0 cm³/mol. The number of nitrogens with two attached hydrogens (primary N) is 1. The van der Waals surface area contributed by atoms with Gasteiger partial charge in [0.2, 0.25) is 0 Å². The smallest absolute Gasteiger partial charge is 0.152 e. The summed E-state index contributed by atoms with van der Waals surface area (Å²) < 4.78 is 28.9. The Morgan fingerprint density at radius 2 is 1.79 bits per heavy atom. The zero-order chi connectivity index (χ0) is 14.5. The molecule has 108 valence electrons. The van der Waals surface area contributed by atoms with Gasteiger partial charge in [-0.05, 0) is 30.0 Å². The molecule has 0 radical (unpaired) electrons. The van der Waals surface area contributed by atoms with E-state index in [1.54, 1.807) is 19.2 Å². The third kappa shape index (κ3) is 5.61. The molecule has 1 aromatic rings. The van der Waals surface area contributed by atoms with Gasteiger partial charge in [-0.25, -0.2) is 8.42 Å². The molecule has 0 bridgehead atoms. The molecular formula is C14H23NO3S. The highest BCUT2D eigenvalue weighted by molar-refractivity contribution is 7.91. The second-order valence-corrected chi connectivity index (χ2v) is 7.41. The number of hydrogen-bond donors (Lipinski definition) is 1. The van der Waals surface area contributed by atoms with Gasteiger partial charge in [0.05, 0.1) is 18.6 Å². The molecule has 1 atom stereocenters. The van der Waals surface area contributed by atoms with Crippen LogP contribution in [0.25, 0.3) is 0 Å². The minimum absolute atomic E-state index is 0.00789. The summed E-state index contributed by atoms with van der Waals surface area (Å²) in [7, 11) is -1.51. The van der Waals surface area contributed by atoms with Gasteiger partial charge in [-0.1, -0.05) is 26.0 Å². The second-order valence-electron chi connectivity index (χ2n) is 5.18. The average Bonchev–Trinajstić information content (AvgIpc) is 2.36. The molecule has 0 aliphatic rings. The first-order valence-electron chi connectivity index (χ1n) is 6.44. The summed E-state index contributed by atoms with van der Waals surface area (Å²) in [5.74, 6) is 1.31. The maximum Gasteiger partial charge on any atom is 0.152 e. The van der Waals surface area contributed by atoms with Crippen molar-refractivity contribution in [3.05, 3.63) is 29.8 Å². The van der Waals surface area contributed by atoms with Crippen LogP contribution in [0.3, 0.4) is 0 Å². The number of methoxy groups -OCH3 is 1. The van der Waals surface area contributed by atoms with Crippen molar-refractivity contribution in [2.45, 2.75) is 26.3 Å². The van der Waals surface area contributed by atoms with Crippen molar-refractivity contribution < 1.29 is 13.2 Å². The molecule has 0 spiro atoms. The zero-order valence-corrected chi connectivity index (χ0v) is 12.6. The van der Waals surface area contributed by atoms with E-state index in [9.17, 15) is 8.42 Å². The highest BCUT2D eigenvalue weighted by atomic mass is 32.2. The van der Waals surface area contributed by atoms with Gasteiger partial charge >= 0.3 is 0 Å². The molecule has 0 fully saturated rings. The molecule has 0 aliphatic heterocycles. The Morgan fingerprint density at radius 3 is 2.26 bits per heavy atom. The summed E-state index contributed by atoms with van der Waals surface area (Å²) in [5.41, 5.74) is 6.77. The van der Waals surface area contributed by atoms with Crippen molar-refractivity contribution in [1.82, 2.24) is 0 Å².